The third kappa shape index (κ3) is 4.17. The number of hydrogen-bond acceptors (Lipinski definition) is 3. The molecule has 0 aliphatic carbocycles. The summed E-state index contributed by atoms with van der Waals surface area (Å²) in [7, 11) is 0. The van der Waals surface area contributed by atoms with Crippen molar-refractivity contribution in [3.63, 3.8) is 0 Å². The molecule has 4 heteroatoms. The number of carbonyl (C=O) groups excluding carboxylic acids is 1. The van der Waals surface area contributed by atoms with Gasteiger partial charge in [0.2, 0.25) is 5.91 Å². The van der Waals surface area contributed by atoms with Gasteiger partial charge in [-0.3, -0.25) is 9.78 Å². The van der Waals surface area contributed by atoms with Gasteiger partial charge in [-0.2, -0.15) is 0 Å². The Bertz CT molecular complexity index is 624. The summed E-state index contributed by atoms with van der Waals surface area (Å²) in [4.78, 5) is 16.7. The first-order chi connectivity index (χ1) is 10.9. The zero-order valence-electron chi connectivity index (χ0n) is 14.0. The molecule has 2 unspecified atom stereocenters. The van der Waals surface area contributed by atoms with E-state index in [1.807, 2.05) is 48.7 Å². The van der Waals surface area contributed by atoms with Gasteiger partial charge in [0, 0.05) is 24.9 Å². The Labute approximate surface area is 138 Å². The lowest BCUT2D eigenvalue weighted by atomic mass is 9.88. The van der Waals surface area contributed by atoms with Gasteiger partial charge in [-0.05, 0) is 30.0 Å². The standard InChI is InChI=1S/C19H25N3O/c1-14(2)17(15-8-7-11-21-12-15)13-22-18(23)19(3,20)16-9-5-4-6-10-16/h4-12,14,17H,13,20H2,1-3H3,(H,22,23). The number of nitrogens with zero attached hydrogens (tertiary/aromatic N) is 1. The van der Waals surface area contributed by atoms with Crippen LogP contribution in [-0.4, -0.2) is 17.4 Å². The molecular weight excluding hydrogens is 286 g/mol. The van der Waals surface area contributed by atoms with Crippen molar-refractivity contribution < 1.29 is 4.79 Å². The molecule has 0 saturated heterocycles. The van der Waals surface area contributed by atoms with Crippen LogP contribution in [0.25, 0.3) is 0 Å². The van der Waals surface area contributed by atoms with E-state index in [1.165, 1.54) is 0 Å². The van der Waals surface area contributed by atoms with Gasteiger partial charge in [0.15, 0.2) is 0 Å². The smallest absolute Gasteiger partial charge is 0.244 e. The SMILES string of the molecule is CC(C)C(CNC(=O)C(C)(N)c1ccccc1)c1cccnc1. The minimum absolute atomic E-state index is 0.168. The van der Waals surface area contributed by atoms with Crippen LogP contribution in [0.5, 0.6) is 0 Å². The second-order valence-corrected chi connectivity index (χ2v) is 6.42. The first-order valence-corrected chi connectivity index (χ1v) is 7.95. The van der Waals surface area contributed by atoms with Crippen LogP contribution < -0.4 is 11.1 Å². The number of hydrogen-bond donors (Lipinski definition) is 2. The van der Waals surface area contributed by atoms with Gasteiger partial charge >= 0.3 is 0 Å². The van der Waals surface area contributed by atoms with Crippen LogP contribution in [-0.2, 0) is 10.3 Å². The number of rotatable bonds is 6. The van der Waals surface area contributed by atoms with Crippen molar-refractivity contribution in [1.29, 1.82) is 0 Å². The summed E-state index contributed by atoms with van der Waals surface area (Å²) >= 11 is 0. The number of nitrogens with one attached hydrogen (secondary N) is 1. The maximum Gasteiger partial charge on any atom is 0.244 e. The van der Waals surface area contributed by atoms with Gasteiger partial charge in [0.1, 0.15) is 5.54 Å². The number of nitrogens with two attached hydrogens (primary N) is 1. The average molecular weight is 311 g/mol. The van der Waals surface area contributed by atoms with Crippen LogP contribution in [0.2, 0.25) is 0 Å². The van der Waals surface area contributed by atoms with Crippen molar-refractivity contribution in [3.8, 4) is 0 Å². The summed E-state index contributed by atoms with van der Waals surface area (Å²) in [5, 5.41) is 3.01. The van der Waals surface area contributed by atoms with Crippen LogP contribution in [0.4, 0.5) is 0 Å². The zero-order valence-corrected chi connectivity index (χ0v) is 14.0. The zero-order chi connectivity index (χ0) is 16.9. The third-order valence-corrected chi connectivity index (χ3v) is 4.24. The first kappa shape index (κ1) is 17.2. The molecule has 2 rings (SSSR count). The van der Waals surface area contributed by atoms with E-state index in [0.29, 0.717) is 12.5 Å². The molecular formula is C19H25N3O. The summed E-state index contributed by atoms with van der Waals surface area (Å²) < 4.78 is 0. The predicted octanol–water partition coefficient (Wildman–Crippen LogP) is 2.81. The number of amides is 1. The monoisotopic (exact) mass is 311 g/mol. The predicted molar refractivity (Wildman–Crippen MR) is 92.8 cm³/mol. The van der Waals surface area contributed by atoms with E-state index in [1.54, 1.807) is 13.1 Å². The first-order valence-electron chi connectivity index (χ1n) is 7.95. The topological polar surface area (TPSA) is 68.0 Å². The molecule has 3 N–H and O–H groups in total. The number of pyridine rings is 1. The molecule has 4 nitrogen and oxygen atoms in total. The molecule has 0 bridgehead atoms. The van der Waals surface area contributed by atoms with Crippen molar-refractivity contribution in [1.82, 2.24) is 10.3 Å². The average Bonchev–Trinajstić information content (AvgIpc) is 2.56. The number of aromatic nitrogens is 1. The second-order valence-electron chi connectivity index (χ2n) is 6.42. The van der Waals surface area contributed by atoms with Crippen molar-refractivity contribution in [2.75, 3.05) is 6.54 Å². The fraction of sp³-hybridized carbons (Fsp3) is 0.368. The van der Waals surface area contributed by atoms with Gasteiger partial charge in [-0.15, -0.1) is 0 Å². The lowest BCUT2D eigenvalue weighted by Gasteiger charge is -2.27. The second kappa shape index (κ2) is 7.38. The highest BCUT2D eigenvalue weighted by Crippen LogP contribution is 2.24. The highest BCUT2D eigenvalue weighted by atomic mass is 16.2. The molecule has 1 aromatic heterocycles. The Hall–Kier alpha value is -2.20. The minimum Gasteiger partial charge on any atom is -0.354 e. The van der Waals surface area contributed by atoms with Crippen LogP contribution in [0.3, 0.4) is 0 Å². The molecule has 0 saturated carbocycles. The van der Waals surface area contributed by atoms with Gasteiger partial charge in [-0.1, -0.05) is 50.2 Å². The Kier molecular flexibility index (Phi) is 5.50. The fourth-order valence-corrected chi connectivity index (χ4v) is 2.64. The van der Waals surface area contributed by atoms with E-state index < -0.39 is 5.54 Å². The molecule has 1 aromatic carbocycles. The highest BCUT2D eigenvalue weighted by Gasteiger charge is 2.31. The molecule has 1 heterocycles. The molecule has 0 aliphatic rings. The van der Waals surface area contributed by atoms with E-state index in [4.69, 9.17) is 5.73 Å². The summed E-state index contributed by atoms with van der Waals surface area (Å²) in [6.45, 7) is 6.57. The third-order valence-electron chi connectivity index (χ3n) is 4.24. The van der Waals surface area contributed by atoms with E-state index >= 15 is 0 Å². The van der Waals surface area contributed by atoms with E-state index in [-0.39, 0.29) is 11.8 Å². The fourth-order valence-electron chi connectivity index (χ4n) is 2.64. The summed E-state index contributed by atoms with van der Waals surface area (Å²) in [5.41, 5.74) is 7.15. The van der Waals surface area contributed by atoms with Crippen LogP contribution in [0, 0.1) is 5.92 Å². The van der Waals surface area contributed by atoms with Crippen LogP contribution in [0.15, 0.2) is 54.9 Å². The molecule has 2 atom stereocenters. The maximum atomic E-state index is 12.6. The van der Waals surface area contributed by atoms with Crippen LogP contribution in [0.1, 0.15) is 37.8 Å². The quantitative estimate of drug-likeness (QED) is 0.862. The minimum atomic E-state index is -1.04. The molecule has 23 heavy (non-hydrogen) atoms. The molecule has 122 valence electrons. The van der Waals surface area contributed by atoms with Crippen molar-refractivity contribution >= 4 is 5.91 Å². The van der Waals surface area contributed by atoms with E-state index in [0.717, 1.165) is 11.1 Å². The summed E-state index contributed by atoms with van der Waals surface area (Å²) in [6, 6.07) is 13.4. The summed E-state index contributed by atoms with van der Waals surface area (Å²) in [5.74, 6) is 0.428. The van der Waals surface area contributed by atoms with Crippen LogP contribution >= 0.6 is 0 Å². The van der Waals surface area contributed by atoms with Gasteiger partial charge in [0.25, 0.3) is 0 Å². The Balaban J connectivity index is 2.07. The number of benzene rings is 1. The van der Waals surface area contributed by atoms with Gasteiger partial charge in [-0.25, -0.2) is 0 Å². The molecule has 0 radical (unpaired) electrons. The lowest BCUT2D eigenvalue weighted by Crippen LogP contribution is -2.50. The molecule has 2 aromatic rings. The van der Waals surface area contributed by atoms with Gasteiger partial charge < -0.3 is 11.1 Å². The Morgan fingerprint density at radius 1 is 1.22 bits per heavy atom. The summed E-state index contributed by atoms with van der Waals surface area (Å²) in [6.07, 6.45) is 3.61. The van der Waals surface area contributed by atoms with Crippen molar-refractivity contribution in [2.24, 2.45) is 11.7 Å². The van der Waals surface area contributed by atoms with Gasteiger partial charge in [0.05, 0.1) is 0 Å². The molecule has 0 spiro atoms. The molecule has 0 fully saturated rings. The Morgan fingerprint density at radius 3 is 2.48 bits per heavy atom. The Morgan fingerprint density at radius 2 is 1.91 bits per heavy atom. The van der Waals surface area contributed by atoms with Crippen molar-refractivity contribution in [3.05, 3.63) is 66.0 Å². The largest absolute Gasteiger partial charge is 0.354 e. The number of carbonyl (C=O) groups is 1. The van der Waals surface area contributed by atoms with E-state index in [9.17, 15) is 4.79 Å². The maximum absolute atomic E-state index is 12.6. The van der Waals surface area contributed by atoms with Crippen molar-refractivity contribution in [2.45, 2.75) is 32.2 Å². The highest BCUT2D eigenvalue weighted by molar-refractivity contribution is 5.87. The molecule has 0 aliphatic heterocycles. The molecule has 1 amide bonds. The lowest BCUT2D eigenvalue weighted by molar-refractivity contribution is -0.126. The normalized spacial score (nSPS) is 15.0. The van der Waals surface area contributed by atoms with E-state index in [2.05, 4.69) is 24.1 Å².